The molecule has 0 spiro atoms. The average molecular weight is 264 g/mol. The van der Waals surface area contributed by atoms with Crippen molar-refractivity contribution < 1.29 is 14.3 Å². The Morgan fingerprint density at radius 1 is 1.58 bits per heavy atom. The van der Waals surface area contributed by atoms with Gasteiger partial charge in [0, 0.05) is 25.6 Å². The van der Waals surface area contributed by atoms with E-state index in [2.05, 4.69) is 0 Å². The number of halogens is 1. The lowest BCUT2D eigenvalue weighted by Gasteiger charge is -2.18. The van der Waals surface area contributed by atoms with Gasteiger partial charge in [0.1, 0.15) is 5.82 Å². The number of aliphatic hydroxyl groups excluding tert-OH is 1. The lowest BCUT2D eigenvalue weighted by Crippen LogP contribution is -2.27. The highest BCUT2D eigenvalue weighted by atomic mass is 19.1. The molecule has 1 unspecified atom stereocenters. The molecular weight excluding hydrogens is 247 g/mol. The molecule has 4 nitrogen and oxygen atoms in total. The van der Waals surface area contributed by atoms with Crippen LogP contribution in [0.15, 0.2) is 18.2 Å². The quantitative estimate of drug-likeness (QED) is 0.882. The first-order valence-electron chi connectivity index (χ1n) is 6.04. The summed E-state index contributed by atoms with van der Waals surface area (Å²) in [5.41, 5.74) is 0.674. The molecule has 0 aliphatic heterocycles. The molecule has 0 heterocycles. The predicted octanol–water partition coefficient (Wildman–Crippen LogP) is 1.82. The zero-order valence-electron chi connectivity index (χ0n) is 11.1. The predicted molar refractivity (Wildman–Crippen MR) is 68.5 cm³/mol. The van der Waals surface area contributed by atoms with E-state index < -0.39 is 11.9 Å². The summed E-state index contributed by atoms with van der Waals surface area (Å²) in [6, 6.07) is 5.99. The van der Waals surface area contributed by atoms with Crippen LogP contribution in [0.2, 0.25) is 0 Å². The number of nitrogens with zero attached hydrogens (tertiary/aromatic N) is 2. The maximum atomic E-state index is 13.6. The number of carbonyl (C=O) groups excluding carboxylic acids is 1. The highest BCUT2D eigenvalue weighted by molar-refractivity contribution is 5.75. The SMILES string of the molecule is CC(O)CCC(=O)N(C)Cc1cc(C#N)ccc1F. The minimum absolute atomic E-state index is 0.111. The second-order valence-corrected chi connectivity index (χ2v) is 4.56. The molecule has 0 saturated carbocycles. The molecule has 19 heavy (non-hydrogen) atoms. The van der Waals surface area contributed by atoms with Gasteiger partial charge in [0.2, 0.25) is 5.91 Å². The Morgan fingerprint density at radius 3 is 2.84 bits per heavy atom. The van der Waals surface area contributed by atoms with Crippen LogP contribution >= 0.6 is 0 Å². The van der Waals surface area contributed by atoms with Gasteiger partial charge in [0.15, 0.2) is 0 Å². The van der Waals surface area contributed by atoms with E-state index in [4.69, 9.17) is 10.4 Å². The summed E-state index contributed by atoms with van der Waals surface area (Å²) in [5, 5.41) is 17.9. The second-order valence-electron chi connectivity index (χ2n) is 4.56. The maximum Gasteiger partial charge on any atom is 0.222 e. The van der Waals surface area contributed by atoms with Crippen molar-refractivity contribution in [2.45, 2.75) is 32.4 Å². The number of rotatable bonds is 5. The first kappa shape index (κ1) is 15.1. The van der Waals surface area contributed by atoms with Crippen LogP contribution < -0.4 is 0 Å². The van der Waals surface area contributed by atoms with Gasteiger partial charge >= 0.3 is 0 Å². The fourth-order valence-corrected chi connectivity index (χ4v) is 1.63. The van der Waals surface area contributed by atoms with Gasteiger partial charge in [-0.25, -0.2) is 4.39 Å². The molecule has 1 N–H and O–H groups in total. The minimum atomic E-state index is -0.531. The largest absolute Gasteiger partial charge is 0.393 e. The Labute approximate surface area is 112 Å². The Bertz CT molecular complexity index is 495. The third-order valence-corrected chi connectivity index (χ3v) is 2.78. The van der Waals surface area contributed by atoms with Crippen LogP contribution in [0.25, 0.3) is 0 Å². The fraction of sp³-hybridized carbons (Fsp3) is 0.429. The third-order valence-electron chi connectivity index (χ3n) is 2.78. The van der Waals surface area contributed by atoms with Crippen molar-refractivity contribution >= 4 is 5.91 Å². The topological polar surface area (TPSA) is 64.3 Å². The van der Waals surface area contributed by atoms with Gasteiger partial charge in [0.25, 0.3) is 0 Å². The number of hydrogen-bond donors (Lipinski definition) is 1. The summed E-state index contributed by atoms with van der Waals surface area (Å²) >= 11 is 0. The molecule has 1 atom stereocenters. The summed E-state index contributed by atoms with van der Waals surface area (Å²) in [6.07, 6.45) is 0.0634. The number of hydrogen-bond acceptors (Lipinski definition) is 3. The van der Waals surface area contributed by atoms with Crippen LogP contribution in [0.3, 0.4) is 0 Å². The van der Waals surface area contributed by atoms with Crippen LogP contribution in [0, 0.1) is 17.1 Å². The number of carbonyl (C=O) groups is 1. The molecule has 0 saturated heterocycles. The van der Waals surface area contributed by atoms with E-state index in [0.29, 0.717) is 17.5 Å². The first-order valence-corrected chi connectivity index (χ1v) is 6.04. The van der Waals surface area contributed by atoms with Gasteiger partial charge in [-0.15, -0.1) is 0 Å². The van der Waals surface area contributed by atoms with Gasteiger partial charge in [-0.3, -0.25) is 4.79 Å². The molecule has 5 heteroatoms. The van der Waals surface area contributed by atoms with Crippen LogP contribution in [0.5, 0.6) is 0 Å². The molecule has 0 bridgehead atoms. The van der Waals surface area contributed by atoms with E-state index in [1.54, 1.807) is 14.0 Å². The lowest BCUT2D eigenvalue weighted by molar-refractivity contribution is -0.131. The summed E-state index contributed by atoms with van der Waals surface area (Å²) in [7, 11) is 1.57. The van der Waals surface area contributed by atoms with E-state index in [1.165, 1.54) is 23.1 Å². The summed E-state index contributed by atoms with van der Waals surface area (Å²) in [6.45, 7) is 1.73. The van der Waals surface area contributed by atoms with E-state index in [9.17, 15) is 9.18 Å². The smallest absolute Gasteiger partial charge is 0.222 e. The maximum absolute atomic E-state index is 13.6. The Kier molecular flexibility index (Phi) is 5.46. The van der Waals surface area contributed by atoms with Crippen LogP contribution in [-0.4, -0.2) is 29.1 Å². The molecule has 1 aromatic rings. The summed E-state index contributed by atoms with van der Waals surface area (Å²) in [4.78, 5) is 13.1. The van der Waals surface area contributed by atoms with E-state index in [0.717, 1.165) is 0 Å². The molecule has 0 aromatic heterocycles. The van der Waals surface area contributed by atoms with E-state index in [1.807, 2.05) is 6.07 Å². The van der Waals surface area contributed by atoms with E-state index in [-0.39, 0.29) is 18.9 Å². The van der Waals surface area contributed by atoms with E-state index >= 15 is 0 Å². The molecule has 1 aromatic carbocycles. The van der Waals surface area contributed by atoms with Gasteiger partial charge in [-0.1, -0.05) is 0 Å². The zero-order chi connectivity index (χ0) is 14.4. The molecule has 0 aliphatic carbocycles. The zero-order valence-corrected chi connectivity index (χ0v) is 11.1. The molecule has 1 amide bonds. The number of amides is 1. The molecule has 102 valence electrons. The molecular formula is C14H17FN2O2. The highest BCUT2D eigenvalue weighted by Gasteiger charge is 2.13. The van der Waals surface area contributed by atoms with Crippen molar-refractivity contribution in [3.63, 3.8) is 0 Å². The van der Waals surface area contributed by atoms with Gasteiger partial charge in [0.05, 0.1) is 17.7 Å². The molecule has 0 aliphatic rings. The van der Waals surface area contributed by atoms with Gasteiger partial charge in [-0.05, 0) is 31.5 Å². The normalized spacial score (nSPS) is 11.7. The van der Waals surface area contributed by atoms with Crippen LogP contribution in [0.1, 0.15) is 30.9 Å². The number of aliphatic hydroxyl groups is 1. The van der Waals surface area contributed by atoms with Gasteiger partial charge in [-0.2, -0.15) is 5.26 Å². The fourth-order valence-electron chi connectivity index (χ4n) is 1.63. The standard InChI is InChI=1S/C14H17FN2O2/c1-10(18)3-6-14(19)17(2)9-12-7-11(8-16)4-5-13(12)15/h4-5,7,10,18H,3,6,9H2,1-2H3. The molecule has 1 rings (SSSR count). The minimum Gasteiger partial charge on any atom is -0.393 e. The summed E-state index contributed by atoms with van der Waals surface area (Å²) in [5.74, 6) is -0.600. The second kappa shape index (κ2) is 6.86. The lowest BCUT2D eigenvalue weighted by atomic mass is 10.1. The van der Waals surface area contributed by atoms with Crippen molar-refractivity contribution in [3.8, 4) is 6.07 Å². The Morgan fingerprint density at radius 2 is 2.26 bits per heavy atom. The van der Waals surface area contributed by atoms with Crippen molar-refractivity contribution in [3.05, 3.63) is 35.1 Å². The highest BCUT2D eigenvalue weighted by Crippen LogP contribution is 2.13. The third kappa shape index (κ3) is 4.68. The summed E-state index contributed by atoms with van der Waals surface area (Å²) < 4.78 is 13.6. The van der Waals surface area contributed by atoms with Crippen molar-refractivity contribution in [1.82, 2.24) is 4.90 Å². The Balaban J connectivity index is 2.68. The van der Waals surface area contributed by atoms with Crippen molar-refractivity contribution in [2.75, 3.05) is 7.05 Å². The number of benzene rings is 1. The van der Waals surface area contributed by atoms with Crippen molar-refractivity contribution in [1.29, 1.82) is 5.26 Å². The number of nitriles is 1. The van der Waals surface area contributed by atoms with Crippen LogP contribution in [0.4, 0.5) is 4.39 Å². The van der Waals surface area contributed by atoms with Crippen molar-refractivity contribution in [2.24, 2.45) is 0 Å². The Hall–Kier alpha value is -1.93. The average Bonchev–Trinajstić information content (AvgIpc) is 2.38. The molecule has 0 fully saturated rings. The van der Waals surface area contributed by atoms with Crippen LogP contribution in [-0.2, 0) is 11.3 Å². The first-order chi connectivity index (χ1) is 8.93. The van der Waals surface area contributed by atoms with Gasteiger partial charge < -0.3 is 10.0 Å². The monoisotopic (exact) mass is 264 g/mol. The molecule has 0 radical (unpaired) electrons.